The zero-order chi connectivity index (χ0) is 22.2. The molecule has 2 aliphatic heterocycles. The molecule has 3 fully saturated rings. The van der Waals surface area contributed by atoms with Gasteiger partial charge in [0.05, 0.1) is 13.1 Å². The van der Waals surface area contributed by atoms with Crippen molar-refractivity contribution >= 4 is 23.7 Å². The Morgan fingerprint density at radius 2 is 1.81 bits per heavy atom. The summed E-state index contributed by atoms with van der Waals surface area (Å²) < 4.78 is 17.8. The van der Waals surface area contributed by atoms with E-state index in [1.165, 1.54) is 19.5 Å². The van der Waals surface area contributed by atoms with Gasteiger partial charge in [-0.1, -0.05) is 23.8 Å². The number of carbonyl (C=O) groups excluding carboxylic acids is 1. The molecule has 3 aliphatic rings. The van der Waals surface area contributed by atoms with E-state index in [2.05, 4.69) is 15.1 Å². The fourth-order valence-electron chi connectivity index (χ4n) is 4.74. The Morgan fingerprint density at radius 3 is 2.59 bits per heavy atom. The largest absolute Gasteiger partial charge is 0.486 e. The molecule has 170 valence electrons. The van der Waals surface area contributed by atoms with Crippen LogP contribution in [0.4, 0.5) is 5.69 Å². The average molecular weight is 454 g/mol. The number of benzene rings is 2. The molecule has 1 saturated carbocycles. The molecule has 4 unspecified atom stereocenters. The molecule has 4 atom stereocenters. The Labute approximate surface area is 194 Å². The van der Waals surface area contributed by atoms with Gasteiger partial charge in [0.25, 0.3) is 5.91 Å². The Kier molecular flexibility index (Phi) is 6.05. The van der Waals surface area contributed by atoms with E-state index < -0.39 is 0 Å². The number of piperidine rings is 1. The van der Waals surface area contributed by atoms with Crippen LogP contribution in [0, 0.1) is 25.7 Å². The highest BCUT2D eigenvalue weighted by Crippen LogP contribution is 2.46. The standard InChI is InChI=1S/C25H31N3O3S/c1-16-7-8-17(2)22(9-16)25(29)27-14-23(30-3)24(15-27)31-21-6-4-5-20(11-21)26-32-28-12-18-10-19(18)13-28/h4-9,11,18-19,23-24,26H,10,12-15H2,1-3H3. The molecule has 5 rings (SSSR count). The lowest BCUT2D eigenvalue weighted by atomic mass is 10.0. The van der Waals surface area contributed by atoms with Gasteiger partial charge in [-0.2, -0.15) is 0 Å². The van der Waals surface area contributed by atoms with Crippen molar-refractivity contribution in [3.63, 3.8) is 0 Å². The maximum Gasteiger partial charge on any atom is 0.254 e. The Morgan fingerprint density at radius 1 is 1.03 bits per heavy atom. The number of fused-ring (bicyclic) bond motifs is 1. The number of methoxy groups -OCH3 is 1. The van der Waals surface area contributed by atoms with Crippen LogP contribution in [-0.4, -0.2) is 60.6 Å². The Hall–Kier alpha value is -2.22. The molecule has 1 N–H and O–H groups in total. The van der Waals surface area contributed by atoms with E-state index >= 15 is 0 Å². The molecular formula is C25H31N3O3S. The van der Waals surface area contributed by atoms with Crippen molar-refractivity contribution in [3.05, 3.63) is 59.2 Å². The van der Waals surface area contributed by atoms with Crippen molar-refractivity contribution in [1.29, 1.82) is 0 Å². The molecule has 6 nitrogen and oxygen atoms in total. The number of nitrogens with zero attached hydrogens (tertiary/aromatic N) is 2. The number of carbonyl (C=O) groups is 1. The molecule has 2 aromatic rings. The lowest BCUT2D eigenvalue weighted by molar-refractivity contribution is 0.0340. The summed E-state index contributed by atoms with van der Waals surface area (Å²) >= 11 is 1.68. The number of anilines is 1. The molecular weight excluding hydrogens is 422 g/mol. The number of amides is 1. The minimum absolute atomic E-state index is 0.0369. The van der Waals surface area contributed by atoms with E-state index in [4.69, 9.17) is 9.47 Å². The third-order valence-electron chi connectivity index (χ3n) is 6.79. The molecule has 2 heterocycles. The van der Waals surface area contributed by atoms with Crippen LogP contribution in [0.2, 0.25) is 0 Å². The summed E-state index contributed by atoms with van der Waals surface area (Å²) in [5.41, 5.74) is 3.85. The second-order valence-corrected chi connectivity index (χ2v) is 10.2. The summed E-state index contributed by atoms with van der Waals surface area (Å²) in [7, 11) is 1.68. The van der Waals surface area contributed by atoms with Gasteiger partial charge in [0.15, 0.2) is 0 Å². The summed E-state index contributed by atoms with van der Waals surface area (Å²) in [6.07, 6.45) is 1.04. The van der Waals surface area contributed by atoms with Crippen molar-refractivity contribution < 1.29 is 14.3 Å². The van der Waals surface area contributed by atoms with Crippen molar-refractivity contribution in [2.45, 2.75) is 32.5 Å². The monoisotopic (exact) mass is 453 g/mol. The highest BCUT2D eigenvalue weighted by molar-refractivity contribution is 7.98. The number of hydrogen-bond donors (Lipinski definition) is 1. The van der Waals surface area contributed by atoms with Crippen molar-refractivity contribution in [3.8, 4) is 5.75 Å². The number of likely N-dealkylation sites (tertiary alicyclic amines) is 1. The first-order valence-corrected chi connectivity index (χ1v) is 12.1. The zero-order valence-corrected chi connectivity index (χ0v) is 19.7. The minimum atomic E-state index is -0.206. The summed E-state index contributed by atoms with van der Waals surface area (Å²) in [5, 5.41) is 0. The molecule has 1 aliphatic carbocycles. The predicted octanol–water partition coefficient (Wildman–Crippen LogP) is 4.15. The van der Waals surface area contributed by atoms with Crippen molar-refractivity contribution in [2.24, 2.45) is 11.8 Å². The smallest absolute Gasteiger partial charge is 0.254 e. The number of rotatable bonds is 7. The Bertz CT molecular complexity index is 990. The normalized spacial score (nSPS) is 26.8. The number of nitrogens with one attached hydrogen (secondary N) is 1. The molecule has 7 heteroatoms. The average Bonchev–Trinajstić information content (AvgIpc) is 3.20. The number of ether oxygens (including phenoxy) is 2. The van der Waals surface area contributed by atoms with Gasteiger partial charge in [-0.15, -0.1) is 0 Å². The maximum atomic E-state index is 13.2. The van der Waals surface area contributed by atoms with Crippen LogP contribution < -0.4 is 9.46 Å². The van der Waals surface area contributed by atoms with Crippen LogP contribution in [0.15, 0.2) is 42.5 Å². The van der Waals surface area contributed by atoms with Gasteiger partial charge in [0.2, 0.25) is 0 Å². The fraction of sp³-hybridized carbons (Fsp3) is 0.480. The van der Waals surface area contributed by atoms with Gasteiger partial charge in [-0.25, -0.2) is 4.31 Å². The van der Waals surface area contributed by atoms with E-state index in [1.807, 2.05) is 55.1 Å². The molecule has 2 saturated heterocycles. The SMILES string of the molecule is COC1CN(C(=O)c2cc(C)ccc2C)CC1Oc1cccc(NSN2CC3CC3C2)c1. The van der Waals surface area contributed by atoms with E-state index in [1.54, 1.807) is 19.2 Å². The van der Waals surface area contributed by atoms with Gasteiger partial charge in [0.1, 0.15) is 18.0 Å². The van der Waals surface area contributed by atoms with Crippen LogP contribution >= 0.6 is 12.1 Å². The predicted molar refractivity (Wildman–Crippen MR) is 128 cm³/mol. The van der Waals surface area contributed by atoms with Crippen LogP contribution in [0.3, 0.4) is 0 Å². The van der Waals surface area contributed by atoms with Gasteiger partial charge >= 0.3 is 0 Å². The number of aryl methyl sites for hydroxylation is 2. The van der Waals surface area contributed by atoms with E-state index in [-0.39, 0.29) is 18.1 Å². The van der Waals surface area contributed by atoms with Gasteiger partial charge in [-0.3, -0.25) is 4.79 Å². The first kappa shape index (κ1) is 21.6. The first-order valence-electron chi connectivity index (χ1n) is 11.3. The first-order chi connectivity index (χ1) is 15.5. The summed E-state index contributed by atoms with van der Waals surface area (Å²) in [6.45, 7) is 7.38. The second-order valence-electron chi connectivity index (χ2n) is 9.28. The molecule has 0 aromatic heterocycles. The van der Waals surface area contributed by atoms with Gasteiger partial charge < -0.3 is 19.1 Å². The molecule has 0 bridgehead atoms. The highest BCUT2D eigenvalue weighted by atomic mass is 32.2. The van der Waals surface area contributed by atoms with Crippen LogP contribution in [0.25, 0.3) is 0 Å². The van der Waals surface area contributed by atoms with E-state index in [0.29, 0.717) is 13.1 Å². The fourth-order valence-corrected chi connectivity index (χ4v) is 5.63. The lowest BCUT2D eigenvalue weighted by Gasteiger charge is -2.20. The highest BCUT2D eigenvalue weighted by Gasteiger charge is 2.45. The molecule has 2 aromatic carbocycles. The lowest BCUT2D eigenvalue weighted by Crippen LogP contribution is -2.32. The second kappa shape index (κ2) is 8.96. The molecule has 1 amide bonds. The quantitative estimate of drug-likeness (QED) is 0.636. The molecule has 32 heavy (non-hydrogen) atoms. The van der Waals surface area contributed by atoms with Gasteiger partial charge in [-0.05, 0) is 55.9 Å². The Balaban J connectivity index is 1.21. The zero-order valence-electron chi connectivity index (χ0n) is 18.9. The van der Waals surface area contributed by atoms with Crippen LogP contribution in [-0.2, 0) is 4.74 Å². The third-order valence-corrected chi connectivity index (χ3v) is 7.67. The molecule has 0 radical (unpaired) electrons. The summed E-state index contributed by atoms with van der Waals surface area (Å²) in [4.78, 5) is 15.0. The molecule has 0 spiro atoms. The summed E-state index contributed by atoms with van der Waals surface area (Å²) in [6, 6.07) is 14.0. The number of hydrogen-bond acceptors (Lipinski definition) is 6. The summed E-state index contributed by atoms with van der Waals surface area (Å²) in [5.74, 6) is 2.66. The van der Waals surface area contributed by atoms with Crippen LogP contribution in [0.1, 0.15) is 27.9 Å². The van der Waals surface area contributed by atoms with Gasteiger partial charge in [0, 0.05) is 49.7 Å². The van der Waals surface area contributed by atoms with Crippen molar-refractivity contribution in [1.82, 2.24) is 9.21 Å². The van der Waals surface area contributed by atoms with Crippen molar-refractivity contribution in [2.75, 3.05) is 38.0 Å². The van der Waals surface area contributed by atoms with E-state index in [9.17, 15) is 4.79 Å². The maximum absolute atomic E-state index is 13.2. The third kappa shape index (κ3) is 4.60. The minimum Gasteiger partial charge on any atom is -0.486 e. The topological polar surface area (TPSA) is 54.0 Å². The van der Waals surface area contributed by atoms with Crippen LogP contribution in [0.5, 0.6) is 5.75 Å². The van der Waals surface area contributed by atoms with E-state index in [0.717, 1.165) is 40.0 Å².